The Hall–Kier alpha value is -0.480. The molecule has 0 saturated carbocycles. The number of aromatic nitrogens is 2. The number of thioether (sulfide) groups is 1. The van der Waals surface area contributed by atoms with Gasteiger partial charge in [-0.15, -0.1) is 0 Å². The number of nitrogens with zero attached hydrogens (tertiary/aromatic N) is 2. The van der Waals surface area contributed by atoms with Gasteiger partial charge in [-0.3, -0.25) is 0 Å². The Bertz CT molecular complexity index is 320. The Morgan fingerprint density at radius 3 is 2.69 bits per heavy atom. The van der Waals surface area contributed by atoms with Crippen LogP contribution in [0, 0.1) is 0 Å². The third kappa shape index (κ3) is 3.52. The van der Waals surface area contributed by atoms with Crippen molar-refractivity contribution < 1.29 is 0 Å². The van der Waals surface area contributed by atoms with Crippen molar-refractivity contribution in [3.8, 4) is 0 Å². The summed E-state index contributed by atoms with van der Waals surface area (Å²) < 4.78 is 2.37. The maximum absolute atomic E-state index is 4.41. The van der Waals surface area contributed by atoms with Gasteiger partial charge >= 0.3 is 0 Å². The highest BCUT2D eigenvalue weighted by atomic mass is 32.2. The second kappa shape index (κ2) is 5.73. The van der Waals surface area contributed by atoms with Gasteiger partial charge in [0, 0.05) is 30.7 Å². The average molecular weight is 241 g/mol. The van der Waals surface area contributed by atoms with E-state index in [1.165, 1.54) is 0 Å². The fraction of sp³-hybridized carbons (Fsp3) is 0.750. The molecule has 1 unspecified atom stereocenters. The summed E-state index contributed by atoms with van der Waals surface area (Å²) in [4.78, 5) is 4.41. The molecule has 92 valence electrons. The van der Waals surface area contributed by atoms with Crippen LogP contribution in [0.4, 0.5) is 0 Å². The standard InChI is InChI=1S/C12H23N3S/c1-6-10(11-13-7-8-15(11)4)14-9-12(2,3)16-5/h7-8,10,14H,6,9H2,1-5H3. The van der Waals surface area contributed by atoms with Gasteiger partial charge in [0.1, 0.15) is 5.82 Å². The third-order valence-electron chi connectivity index (χ3n) is 2.91. The number of aryl methyl sites for hydroxylation is 1. The molecule has 0 fully saturated rings. The first-order valence-corrected chi connectivity index (χ1v) is 6.98. The van der Waals surface area contributed by atoms with Crippen LogP contribution in [0.2, 0.25) is 0 Å². The highest BCUT2D eigenvalue weighted by Crippen LogP contribution is 2.22. The van der Waals surface area contributed by atoms with Crippen LogP contribution in [0.5, 0.6) is 0 Å². The molecule has 0 aliphatic heterocycles. The molecule has 4 heteroatoms. The normalized spacial score (nSPS) is 14.1. The Morgan fingerprint density at radius 1 is 1.56 bits per heavy atom. The van der Waals surface area contributed by atoms with Gasteiger partial charge < -0.3 is 9.88 Å². The van der Waals surface area contributed by atoms with E-state index in [2.05, 4.69) is 41.9 Å². The molecule has 0 bridgehead atoms. The summed E-state index contributed by atoms with van der Waals surface area (Å²) in [7, 11) is 2.05. The van der Waals surface area contributed by atoms with Crippen LogP contribution in [0.3, 0.4) is 0 Å². The highest BCUT2D eigenvalue weighted by molar-refractivity contribution is 7.99. The first-order chi connectivity index (χ1) is 7.50. The van der Waals surface area contributed by atoms with Crippen molar-refractivity contribution in [2.75, 3.05) is 12.8 Å². The number of nitrogens with one attached hydrogen (secondary N) is 1. The van der Waals surface area contributed by atoms with Crippen LogP contribution < -0.4 is 5.32 Å². The molecule has 1 aromatic heterocycles. The lowest BCUT2D eigenvalue weighted by atomic mass is 10.1. The van der Waals surface area contributed by atoms with Gasteiger partial charge in [-0.1, -0.05) is 6.92 Å². The smallest absolute Gasteiger partial charge is 0.125 e. The summed E-state index contributed by atoms with van der Waals surface area (Å²) in [6, 6.07) is 0.353. The predicted octanol–water partition coefficient (Wildman–Crippen LogP) is 2.60. The fourth-order valence-corrected chi connectivity index (χ4v) is 1.80. The molecule has 0 radical (unpaired) electrons. The summed E-state index contributed by atoms with van der Waals surface area (Å²) in [5.41, 5.74) is 0. The van der Waals surface area contributed by atoms with Crippen LogP contribution in [-0.4, -0.2) is 27.1 Å². The molecule has 1 aromatic rings. The van der Waals surface area contributed by atoms with Gasteiger partial charge in [0.15, 0.2) is 0 Å². The third-order valence-corrected chi connectivity index (χ3v) is 4.15. The van der Waals surface area contributed by atoms with Crippen LogP contribution in [-0.2, 0) is 7.05 Å². The van der Waals surface area contributed by atoms with E-state index in [0.717, 1.165) is 18.8 Å². The van der Waals surface area contributed by atoms with Crippen LogP contribution in [0.1, 0.15) is 39.1 Å². The molecular weight excluding hydrogens is 218 g/mol. The summed E-state index contributed by atoms with van der Waals surface area (Å²) >= 11 is 1.89. The minimum absolute atomic E-state index is 0.276. The SMILES string of the molecule is CCC(NCC(C)(C)SC)c1nccn1C. The molecule has 3 nitrogen and oxygen atoms in total. The second-order valence-corrected chi connectivity index (χ2v) is 6.22. The van der Waals surface area contributed by atoms with E-state index >= 15 is 0 Å². The maximum Gasteiger partial charge on any atom is 0.125 e. The molecule has 1 heterocycles. The van der Waals surface area contributed by atoms with Crippen molar-refractivity contribution in [2.45, 2.75) is 38.0 Å². The summed E-state index contributed by atoms with van der Waals surface area (Å²) in [5, 5.41) is 3.60. The zero-order chi connectivity index (χ0) is 12.2. The van der Waals surface area contributed by atoms with Crippen molar-refractivity contribution in [3.05, 3.63) is 18.2 Å². The number of hydrogen-bond donors (Lipinski definition) is 1. The van der Waals surface area contributed by atoms with E-state index in [-0.39, 0.29) is 4.75 Å². The minimum Gasteiger partial charge on any atom is -0.337 e. The van der Waals surface area contributed by atoms with Gasteiger partial charge in [-0.25, -0.2) is 4.98 Å². The number of rotatable bonds is 6. The lowest BCUT2D eigenvalue weighted by Crippen LogP contribution is -2.35. The Kier molecular flexibility index (Phi) is 4.87. The van der Waals surface area contributed by atoms with E-state index in [1.807, 2.05) is 31.2 Å². The van der Waals surface area contributed by atoms with Crippen molar-refractivity contribution in [1.29, 1.82) is 0 Å². The topological polar surface area (TPSA) is 29.9 Å². The zero-order valence-corrected chi connectivity index (χ0v) is 11.8. The summed E-state index contributed by atoms with van der Waals surface area (Å²) in [6.07, 6.45) is 7.08. The number of imidazole rings is 1. The second-order valence-electron chi connectivity index (χ2n) is 4.70. The van der Waals surface area contributed by atoms with E-state index in [4.69, 9.17) is 0 Å². The van der Waals surface area contributed by atoms with E-state index in [9.17, 15) is 0 Å². The van der Waals surface area contributed by atoms with Crippen LogP contribution >= 0.6 is 11.8 Å². The van der Waals surface area contributed by atoms with Gasteiger partial charge in [0.25, 0.3) is 0 Å². The number of hydrogen-bond acceptors (Lipinski definition) is 3. The van der Waals surface area contributed by atoms with Gasteiger partial charge in [0.2, 0.25) is 0 Å². The molecule has 0 spiro atoms. The predicted molar refractivity (Wildman–Crippen MR) is 71.8 cm³/mol. The molecule has 0 amide bonds. The monoisotopic (exact) mass is 241 g/mol. The van der Waals surface area contributed by atoms with Crippen LogP contribution in [0.15, 0.2) is 12.4 Å². The molecule has 0 aromatic carbocycles. The van der Waals surface area contributed by atoms with Gasteiger partial charge in [-0.05, 0) is 26.5 Å². The first-order valence-electron chi connectivity index (χ1n) is 5.76. The first kappa shape index (κ1) is 13.6. The quantitative estimate of drug-likeness (QED) is 0.830. The molecule has 1 rings (SSSR count). The van der Waals surface area contributed by atoms with Gasteiger partial charge in [0.05, 0.1) is 6.04 Å². The van der Waals surface area contributed by atoms with Crippen molar-refractivity contribution >= 4 is 11.8 Å². The largest absolute Gasteiger partial charge is 0.337 e. The van der Waals surface area contributed by atoms with Crippen molar-refractivity contribution in [3.63, 3.8) is 0 Å². The van der Waals surface area contributed by atoms with E-state index < -0.39 is 0 Å². The van der Waals surface area contributed by atoms with E-state index in [1.54, 1.807) is 0 Å². The zero-order valence-electron chi connectivity index (χ0n) is 10.9. The molecule has 0 aliphatic carbocycles. The van der Waals surface area contributed by atoms with Gasteiger partial charge in [-0.2, -0.15) is 11.8 Å². The Balaban J connectivity index is 2.60. The van der Waals surface area contributed by atoms with Crippen molar-refractivity contribution in [1.82, 2.24) is 14.9 Å². The Labute approximate surface area is 103 Å². The van der Waals surface area contributed by atoms with Crippen LogP contribution in [0.25, 0.3) is 0 Å². The highest BCUT2D eigenvalue weighted by Gasteiger charge is 2.20. The van der Waals surface area contributed by atoms with Crippen molar-refractivity contribution in [2.24, 2.45) is 7.05 Å². The molecular formula is C12H23N3S. The summed E-state index contributed by atoms with van der Waals surface area (Å²) in [5.74, 6) is 1.12. The lowest BCUT2D eigenvalue weighted by molar-refractivity contribution is 0.457. The van der Waals surface area contributed by atoms with E-state index in [0.29, 0.717) is 6.04 Å². The lowest BCUT2D eigenvalue weighted by Gasteiger charge is -2.26. The maximum atomic E-state index is 4.41. The Morgan fingerprint density at radius 2 is 2.25 bits per heavy atom. The average Bonchev–Trinajstić information content (AvgIpc) is 2.66. The molecule has 1 N–H and O–H groups in total. The molecule has 0 aliphatic rings. The molecule has 0 saturated heterocycles. The summed E-state index contributed by atoms with van der Waals surface area (Å²) in [6.45, 7) is 7.71. The fourth-order valence-electron chi connectivity index (χ4n) is 1.57. The molecule has 1 atom stereocenters. The minimum atomic E-state index is 0.276. The molecule has 16 heavy (non-hydrogen) atoms.